The summed E-state index contributed by atoms with van der Waals surface area (Å²) in [5, 5.41) is 7.44. The van der Waals surface area contributed by atoms with Crippen molar-refractivity contribution < 1.29 is 9.47 Å². The van der Waals surface area contributed by atoms with Gasteiger partial charge in [0.15, 0.2) is 5.11 Å². The topological polar surface area (TPSA) is 54.9 Å². The summed E-state index contributed by atoms with van der Waals surface area (Å²) in [6, 6.07) is 5.62. The second kappa shape index (κ2) is 9.77. The first-order valence-electron chi connectivity index (χ1n) is 6.78. The molecule has 0 radical (unpaired) electrons. The molecule has 0 bridgehead atoms. The first-order valence-corrected chi connectivity index (χ1v) is 7.19. The number of ether oxygens (including phenoxy) is 2. The molecule has 0 unspecified atom stereocenters. The molecule has 0 heterocycles. The van der Waals surface area contributed by atoms with Gasteiger partial charge in [-0.2, -0.15) is 5.10 Å². The molecule has 114 valence electrons. The largest absolute Gasteiger partial charge is 0.494 e. The molecule has 2 N–H and O–H groups in total. The lowest BCUT2D eigenvalue weighted by Crippen LogP contribution is -2.31. The predicted octanol–water partition coefficient (Wildman–Crippen LogP) is 2.47. The van der Waals surface area contributed by atoms with E-state index in [4.69, 9.17) is 21.7 Å². The zero-order valence-corrected chi connectivity index (χ0v) is 13.2. The predicted molar refractivity (Wildman–Crippen MR) is 90.3 cm³/mol. The van der Waals surface area contributed by atoms with Crippen LogP contribution < -0.4 is 20.2 Å². The van der Waals surface area contributed by atoms with Gasteiger partial charge in [-0.1, -0.05) is 6.08 Å². The highest BCUT2D eigenvalue weighted by Gasteiger charge is 2.04. The van der Waals surface area contributed by atoms with Crippen LogP contribution in [0.1, 0.15) is 19.4 Å². The maximum absolute atomic E-state index is 5.59. The minimum Gasteiger partial charge on any atom is -0.494 e. The Hall–Kier alpha value is -2.08. The highest BCUT2D eigenvalue weighted by molar-refractivity contribution is 7.80. The lowest BCUT2D eigenvalue weighted by molar-refractivity contribution is 0.323. The molecule has 1 rings (SSSR count). The monoisotopic (exact) mass is 307 g/mol. The summed E-state index contributed by atoms with van der Waals surface area (Å²) >= 11 is 5.04. The molecule has 0 aromatic heterocycles. The zero-order chi connectivity index (χ0) is 15.5. The molecule has 0 atom stereocenters. The molecule has 0 aliphatic carbocycles. The lowest BCUT2D eigenvalue weighted by Gasteiger charge is -2.10. The lowest BCUT2D eigenvalue weighted by atomic mass is 10.2. The van der Waals surface area contributed by atoms with E-state index in [1.165, 1.54) is 0 Å². The Kier molecular flexibility index (Phi) is 7.89. The van der Waals surface area contributed by atoms with Crippen LogP contribution in [0.2, 0.25) is 0 Å². The SMILES string of the molecule is C=CCNC(=S)N/N=C/c1ccc(OCC)cc1OCC. The number of hydrogen-bond acceptors (Lipinski definition) is 4. The van der Waals surface area contributed by atoms with Gasteiger partial charge in [-0.25, -0.2) is 0 Å². The standard InChI is InChI=1S/C15H21N3O2S/c1-4-9-16-15(21)18-17-11-12-7-8-13(19-5-2)10-14(12)20-6-3/h4,7-8,10-11H,1,5-6,9H2,2-3H3,(H2,16,18,21)/b17-11+. The third-order valence-corrected chi connectivity index (χ3v) is 2.61. The van der Waals surface area contributed by atoms with Gasteiger partial charge in [0.05, 0.1) is 19.4 Å². The Balaban J connectivity index is 2.72. The zero-order valence-electron chi connectivity index (χ0n) is 12.4. The molecule has 0 fully saturated rings. The Labute approximate surface area is 131 Å². The van der Waals surface area contributed by atoms with E-state index < -0.39 is 0 Å². The third kappa shape index (κ3) is 6.27. The summed E-state index contributed by atoms with van der Waals surface area (Å²) in [5.74, 6) is 1.49. The Morgan fingerprint density at radius 3 is 2.76 bits per heavy atom. The maximum Gasteiger partial charge on any atom is 0.187 e. The molecule has 6 heteroatoms. The summed E-state index contributed by atoms with van der Waals surface area (Å²) in [5.41, 5.74) is 3.58. The number of thiocarbonyl (C=S) groups is 1. The van der Waals surface area contributed by atoms with Crippen molar-refractivity contribution in [1.82, 2.24) is 10.7 Å². The molecule has 0 aliphatic rings. The second-order valence-corrected chi connectivity index (χ2v) is 4.34. The van der Waals surface area contributed by atoms with E-state index in [0.29, 0.717) is 24.9 Å². The normalized spacial score (nSPS) is 10.2. The third-order valence-electron chi connectivity index (χ3n) is 2.37. The van der Waals surface area contributed by atoms with Crippen molar-refractivity contribution in [3.63, 3.8) is 0 Å². The van der Waals surface area contributed by atoms with Gasteiger partial charge in [0, 0.05) is 18.2 Å². The number of nitrogens with one attached hydrogen (secondary N) is 2. The number of nitrogens with zero attached hydrogens (tertiary/aromatic N) is 1. The van der Waals surface area contributed by atoms with E-state index in [0.717, 1.165) is 17.1 Å². The van der Waals surface area contributed by atoms with Gasteiger partial charge in [-0.15, -0.1) is 6.58 Å². The highest BCUT2D eigenvalue weighted by Crippen LogP contribution is 2.23. The summed E-state index contributed by atoms with van der Waals surface area (Å²) in [4.78, 5) is 0. The van der Waals surface area contributed by atoms with E-state index in [1.807, 2.05) is 32.0 Å². The van der Waals surface area contributed by atoms with E-state index in [2.05, 4.69) is 22.4 Å². The van der Waals surface area contributed by atoms with Crippen molar-refractivity contribution in [1.29, 1.82) is 0 Å². The average molecular weight is 307 g/mol. The molecule has 0 spiro atoms. The molecule has 1 aromatic rings. The fourth-order valence-corrected chi connectivity index (χ4v) is 1.66. The van der Waals surface area contributed by atoms with Gasteiger partial charge in [0.25, 0.3) is 0 Å². The molecular formula is C15H21N3O2S. The fourth-order valence-electron chi connectivity index (χ4n) is 1.52. The van der Waals surface area contributed by atoms with Gasteiger partial charge >= 0.3 is 0 Å². The summed E-state index contributed by atoms with van der Waals surface area (Å²) in [6.07, 6.45) is 3.37. The number of benzene rings is 1. The van der Waals surface area contributed by atoms with Gasteiger partial charge in [-0.05, 0) is 38.2 Å². The van der Waals surface area contributed by atoms with Crippen LogP contribution >= 0.6 is 12.2 Å². The Morgan fingerprint density at radius 1 is 1.33 bits per heavy atom. The molecule has 21 heavy (non-hydrogen) atoms. The van der Waals surface area contributed by atoms with Crippen LogP contribution in [-0.2, 0) is 0 Å². The average Bonchev–Trinajstić information content (AvgIpc) is 2.48. The summed E-state index contributed by atoms with van der Waals surface area (Å²) < 4.78 is 11.0. The van der Waals surface area contributed by atoms with Crippen LogP contribution in [0.25, 0.3) is 0 Å². The van der Waals surface area contributed by atoms with Gasteiger partial charge < -0.3 is 14.8 Å². The van der Waals surface area contributed by atoms with Gasteiger partial charge in [-0.3, -0.25) is 5.43 Å². The Morgan fingerprint density at radius 2 is 2.10 bits per heavy atom. The summed E-state index contributed by atoms with van der Waals surface area (Å²) in [6.45, 7) is 9.25. The van der Waals surface area contributed by atoms with Crippen molar-refractivity contribution in [3.05, 3.63) is 36.4 Å². The van der Waals surface area contributed by atoms with Crippen LogP contribution in [-0.4, -0.2) is 31.1 Å². The first-order chi connectivity index (χ1) is 10.2. The van der Waals surface area contributed by atoms with E-state index in [9.17, 15) is 0 Å². The van der Waals surface area contributed by atoms with Crippen LogP contribution in [0.5, 0.6) is 11.5 Å². The van der Waals surface area contributed by atoms with Crippen molar-refractivity contribution in [2.75, 3.05) is 19.8 Å². The number of rotatable bonds is 8. The molecule has 5 nitrogen and oxygen atoms in total. The smallest absolute Gasteiger partial charge is 0.187 e. The van der Waals surface area contributed by atoms with Crippen molar-refractivity contribution in [2.24, 2.45) is 5.10 Å². The van der Waals surface area contributed by atoms with E-state index in [1.54, 1.807) is 12.3 Å². The maximum atomic E-state index is 5.59. The summed E-state index contributed by atoms with van der Waals surface area (Å²) in [7, 11) is 0. The molecular weight excluding hydrogens is 286 g/mol. The molecule has 1 aromatic carbocycles. The fraction of sp³-hybridized carbons (Fsp3) is 0.333. The first kappa shape index (κ1) is 17.0. The van der Waals surface area contributed by atoms with E-state index >= 15 is 0 Å². The van der Waals surface area contributed by atoms with Crippen LogP contribution in [0.3, 0.4) is 0 Å². The van der Waals surface area contributed by atoms with Crippen molar-refractivity contribution in [3.8, 4) is 11.5 Å². The van der Waals surface area contributed by atoms with Gasteiger partial charge in [0.1, 0.15) is 11.5 Å². The minimum absolute atomic E-state index is 0.440. The molecule has 0 saturated carbocycles. The Bertz CT molecular complexity index is 504. The number of hydrogen-bond donors (Lipinski definition) is 2. The molecule has 0 saturated heterocycles. The minimum atomic E-state index is 0.440. The van der Waals surface area contributed by atoms with Crippen LogP contribution in [0, 0.1) is 0 Å². The highest BCUT2D eigenvalue weighted by atomic mass is 32.1. The van der Waals surface area contributed by atoms with E-state index in [-0.39, 0.29) is 0 Å². The molecule has 0 aliphatic heterocycles. The number of hydrazone groups is 1. The quantitative estimate of drug-likeness (QED) is 0.334. The molecule has 0 amide bonds. The second-order valence-electron chi connectivity index (χ2n) is 3.93. The van der Waals surface area contributed by atoms with Crippen molar-refractivity contribution in [2.45, 2.75) is 13.8 Å². The van der Waals surface area contributed by atoms with Crippen LogP contribution in [0.4, 0.5) is 0 Å². The van der Waals surface area contributed by atoms with Crippen molar-refractivity contribution >= 4 is 23.5 Å². The van der Waals surface area contributed by atoms with Crippen LogP contribution in [0.15, 0.2) is 36.0 Å². The van der Waals surface area contributed by atoms with Gasteiger partial charge in [0.2, 0.25) is 0 Å².